The van der Waals surface area contributed by atoms with E-state index in [1.165, 1.54) is 21.3 Å². The van der Waals surface area contributed by atoms with Crippen molar-refractivity contribution in [1.29, 1.82) is 0 Å². The fraction of sp³-hybridized carbons (Fsp3) is 0.500. The highest BCUT2D eigenvalue weighted by Crippen LogP contribution is 2.58. The number of carboxylic acid groups (broad SMARTS) is 1. The van der Waals surface area contributed by atoms with Gasteiger partial charge in [0.2, 0.25) is 11.7 Å². The van der Waals surface area contributed by atoms with Crippen LogP contribution in [0.2, 0.25) is 0 Å². The molecule has 0 aromatic heterocycles. The van der Waals surface area contributed by atoms with E-state index in [1.807, 2.05) is 0 Å². The minimum absolute atomic E-state index is 0.336. The molecule has 2 N–H and O–H groups in total. The highest BCUT2D eigenvalue weighted by atomic mass is 16.5. The summed E-state index contributed by atoms with van der Waals surface area (Å²) in [6.07, 6.45) is 0. The molecule has 1 aliphatic carbocycles. The number of carbonyl (C=O) groups is 2. The van der Waals surface area contributed by atoms with Crippen LogP contribution >= 0.6 is 0 Å². The first-order valence-corrected chi connectivity index (χ1v) is 7.11. The van der Waals surface area contributed by atoms with Crippen molar-refractivity contribution in [3.05, 3.63) is 12.1 Å². The Morgan fingerprint density at radius 3 is 1.91 bits per heavy atom. The fourth-order valence-corrected chi connectivity index (χ4v) is 2.96. The number of nitrogens with one attached hydrogen (secondary N) is 1. The number of carbonyl (C=O) groups excluding carboxylic acids is 1. The standard InChI is InChI=1S/C16H21NO6/c1-16(2)11(12(16)15(19)20)14(18)17-8-6-9(21-3)13(23-5)10(7-8)22-4/h6-7,11-12H,1-5H3,(H,17,18)(H,19,20)/t11-,12+/m0/s1. The van der Waals surface area contributed by atoms with Crippen molar-refractivity contribution in [2.24, 2.45) is 17.3 Å². The minimum Gasteiger partial charge on any atom is -0.493 e. The zero-order valence-corrected chi connectivity index (χ0v) is 13.8. The maximum atomic E-state index is 12.4. The van der Waals surface area contributed by atoms with E-state index in [4.69, 9.17) is 14.2 Å². The normalized spacial score (nSPS) is 21.3. The van der Waals surface area contributed by atoms with Crippen LogP contribution in [0.15, 0.2) is 12.1 Å². The molecule has 1 aliphatic rings. The molecule has 0 radical (unpaired) electrons. The second kappa shape index (κ2) is 5.98. The molecule has 0 saturated heterocycles. The van der Waals surface area contributed by atoms with Crippen molar-refractivity contribution in [1.82, 2.24) is 0 Å². The van der Waals surface area contributed by atoms with Crippen molar-refractivity contribution in [3.8, 4) is 17.2 Å². The summed E-state index contributed by atoms with van der Waals surface area (Å²) in [5, 5.41) is 11.9. The van der Waals surface area contributed by atoms with Crippen LogP contribution in [0.25, 0.3) is 0 Å². The summed E-state index contributed by atoms with van der Waals surface area (Å²) in [5.41, 5.74) is -0.104. The van der Waals surface area contributed by atoms with E-state index in [9.17, 15) is 14.7 Å². The Bertz CT molecular complexity index is 614. The van der Waals surface area contributed by atoms with Gasteiger partial charge in [0.25, 0.3) is 0 Å². The average molecular weight is 323 g/mol. The van der Waals surface area contributed by atoms with Gasteiger partial charge >= 0.3 is 5.97 Å². The molecular weight excluding hydrogens is 302 g/mol. The molecule has 2 atom stereocenters. The smallest absolute Gasteiger partial charge is 0.307 e. The summed E-state index contributed by atoms with van der Waals surface area (Å²) < 4.78 is 15.7. The van der Waals surface area contributed by atoms with Crippen LogP contribution in [0.5, 0.6) is 17.2 Å². The molecule has 7 heteroatoms. The van der Waals surface area contributed by atoms with Crippen molar-refractivity contribution in [2.45, 2.75) is 13.8 Å². The van der Waals surface area contributed by atoms with Gasteiger partial charge < -0.3 is 24.6 Å². The predicted octanol–water partition coefficient (Wildman–Crippen LogP) is 2.01. The predicted molar refractivity (Wildman–Crippen MR) is 83.1 cm³/mol. The summed E-state index contributed by atoms with van der Waals surface area (Å²) in [4.78, 5) is 23.6. The van der Waals surface area contributed by atoms with Gasteiger partial charge in [-0.1, -0.05) is 13.8 Å². The van der Waals surface area contributed by atoms with Gasteiger partial charge in [-0.2, -0.15) is 0 Å². The fourth-order valence-electron chi connectivity index (χ4n) is 2.96. The van der Waals surface area contributed by atoms with Gasteiger partial charge in [0.1, 0.15) is 0 Å². The quantitative estimate of drug-likeness (QED) is 0.831. The highest BCUT2D eigenvalue weighted by molar-refractivity contribution is 6.00. The molecule has 0 unspecified atom stereocenters. The van der Waals surface area contributed by atoms with E-state index < -0.39 is 23.2 Å². The monoisotopic (exact) mass is 323 g/mol. The van der Waals surface area contributed by atoms with Gasteiger partial charge in [-0.15, -0.1) is 0 Å². The second-order valence-electron chi connectivity index (χ2n) is 6.02. The summed E-state index contributed by atoms with van der Waals surface area (Å²) in [5.74, 6) is -1.30. The van der Waals surface area contributed by atoms with E-state index in [0.29, 0.717) is 22.9 Å². The molecule has 7 nitrogen and oxygen atoms in total. The molecule has 126 valence electrons. The third-order valence-corrected chi connectivity index (χ3v) is 4.31. The molecular formula is C16H21NO6. The number of hydrogen-bond acceptors (Lipinski definition) is 5. The van der Waals surface area contributed by atoms with E-state index >= 15 is 0 Å². The molecule has 2 rings (SSSR count). The number of carboxylic acids is 1. The number of benzene rings is 1. The molecule has 1 aromatic carbocycles. The first kappa shape index (κ1) is 16.9. The summed E-state index contributed by atoms with van der Waals surface area (Å²) in [7, 11) is 4.45. The number of methoxy groups -OCH3 is 3. The number of aliphatic carboxylic acids is 1. The molecule has 1 amide bonds. The van der Waals surface area contributed by atoms with Gasteiger partial charge in [-0.25, -0.2) is 0 Å². The highest BCUT2D eigenvalue weighted by Gasteiger charge is 2.65. The second-order valence-corrected chi connectivity index (χ2v) is 6.02. The lowest BCUT2D eigenvalue weighted by atomic mass is 10.1. The number of hydrogen-bond donors (Lipinski definition) is 2. The summed E-state index contributed by atoms with van der Waals surface area (Å²) in [6, 6.07) is 3.20. The summed E-state index contributed by atoms with van der Waals surface area (Å²) >= 11 is 0. The molecule has 1 saturated carbocycles. The lowest BCUT2D eigenvalue weighted by molar-refractivity contribution is -0.140. The molecule has 1 fully saturated rings. The van der Waals surface area contributed by atoms with E-state index in [2.05, 4.69) is 5.32 Å². The van der Waals surface area contributed by atoms with Gasteiger partial charge in [-0.05, 0) is 5.41 Å². The van der Waals surface area contributed by atoms with Crippen molar-refractivity contribution >= 4 is 17.6 Å². The average Bonchev–Trinajstić information content (AvgIpc) is 3.09. The largest absolute Gasteiger partial charge is 0.493 e. The Balaban J connectivity index is 2.24. The molecule has 0 spiro atoms. The minimum atomic E-state index is -0.958. The first-order chi connectivity index (χ1) is 10.8. The number of ether oxygens (including phenoxy) is 3. The van der Waals surface area contributed by atoms with Crippen LogP contribution in [0.4, 0.5) is 5.69 Å². The van der Waals surface area contributed by atoms with Gasteiger partial charge in [0.15, 0.2) is 11.5 Å². The van der Waals surface area contributed by atoms with Gasteiger partial charge in [0, 0.05) is 17.8 Å². The van der Waals surface area contributed by atoms with E-state index in [0.717, 1.165) is 0 Å². The van der Waals surface area contributed by atoms with Crippen molar-refractivity contribution < 1.29 is 28.9 Å². The number of amides is 1. The maximum absolute atomic E-state index is 12.4. The zero-order valence-electron chi connectivity index (χ0n) is 13.8. The first-order valence-electron chi connectivity index (χ1n) is 7.11. The molecule has 1 aromatic rings. The van der Waals surface area contributed by atoms with Crippen LogP contribution < -0.4 is 19.5 Å². The Labute approximate surface area is 134 Å². The summed E-state index contributed by atoms with van der Waals surface area (Å²) in [6.45, 7) is 3.54. The molecule has 23 heavy (non-hydrogen) atoms. The van der Waals surface area contributed by atoms with Crippen LogP contribution in [-0.4, -0.2) is 38.3 Å². The lowest BCUT2D eigenvalue weighted by Gasteiger charge is -2.14. The van der Waals surface area contributed by atoms with Crippen LogP contribution in [0, 0.1) is 17.3 Å². The van der Waals surface area contributed by atoms with Gasteiger partial charge in [-0.3, -0.25) is 9.59 Å². The maximum Gasteiger partial charge on any atom is 0.307 e. The third kappa shape index (κ3) is 2.91. The molecule has 0 heterocycles. The Hall–Kier alpha value is -2.44. The van der Waals surface area contributed by atoms with Crippen molar-refractivity contribution in [3.63, 3.8) is 0 Å². The number of rotatable bonds is 6. The van der Waals surface area contributed by atoms with Crippen molar-refractivity contribution in [2.75, 3.05) is 26.6 Å². The topological polar surface area (TPSA) is 94.1 Å². The molecule has 0 aliphatic heterocycles. The Morgan fingerprint density at radius 2 is 1.57 bits per heavy atom. The SMILES string of the molecule is COc1cc(NC(=O)[C@@H]2[C@H](C(=O)O)C2(C)C)cc(OC)c1OC. The number of anilines is 1. The Morgan fingerprint density at radius 1 is 1.04 bits per heavy atom. The molecule has 0 bridgehead atoms. The van der Waals surface area contributed by atoms with Crippen LogP contribution in [0.3, 0.4) is 0 Å². The van der Waals surface area contributed by atoms with E-state index in [-0.39, 0.29) is 5.91 Å². The Kier molecular flexibility index (Phi) is 4.40. The lowest BCUT2D eigenvalue weighted by Crippen LogP contribution is -2.18. The van der Waals surface area contributed by atoms with Crippen LogP contribution in [-0.2, 0) is 9.59 Å². The van der Waals surface area contributed by atoms with Crippen LogP contribution in [0.1, 0.15) is 13.8 Å². The zero-order chi connectivity index (χ0) is 17.4. The van der Waals surface area contributed by atoms with Gasteiger partial charge in [0.05, 0.1) is 33.2 Å². The van der Waals surface area contributed by atoms with E-state index in [1.54, 1.807) is 26.0 Å². The third-order valence-electron chi connectivity index (χ3n) is 4.31.